The second-order valence-corrected chi connectivity index (χ2v) is 19.5. The van der Waals surface area contributed by atoms with E-state index in [1.54, 1.807) is 0 Å². The number of carbonyl (C=O) groups is 3. The quantitative estimate of drug-likeness (QED) is 0.0262. The van der Waals surface area contributed by atoms with Gasteiger partial charge in [0.1, 0.15) is 13.2 Å². The van der Waals surface area contributed by atoms with Crippen LogP contribution in [-0.4, -0.2) is 37.2 Å². The molecule has 0 saturated carbocycles. The first-order chi connectivity index (χ1) is 33.0. The Labute approximate surface area is 416 Å². The molecule has 6 heteroatoms. The van der Waals surface area contributed by atoms with Crippen molar-refractivity contribution in [2.24, 2.45) is 0 Å². The fraction of sp³-hybridized carbons (Fsp3) is 0.820. The van der Waals surface area contributed by atoms with E-state index in [0.717, 1.165) is 83.5 Å². The SMILES string of the molecule is CCCCC/C=C\C/C=C\CCCCCCCCCCCC(=O)OC[C@@H](COC(=O)CCCCCCC/C=C\CCCCCCCC)OC(=O)CCCCCCC/C=C\CCCCCCCC. The number of ether oxygens (including phenoxy) is 3. The van der Waals surface area contributed by atoms with Crippen LogP contribution >= 0.6 is 0 Å². The molecule has 0 aliphatic heterocycles. The maximum absolute atomic E-state index is 12.8. The monoisotopic (exact) mass is 939 g/mol. The molecule has 0 N–H and O–H groups in total. The van der Waals surface area contributed by atoms with Crippen molar-refractivity contribution < 1.29 is 28.6 Å². The number of allylic oxidation sites excluding steroid dienone is 8. The minimum atomic E-state index is -0.782. The van der Waals surface area contributed by atoms with Gasteiger partial charge in [0.05, 0.1) is 0 Å². The van der Waals surface area contributed by atoms with Crippen molar-refractivity contribution in [1.82, 2.24) is 0 Å². The van der Waals surface area contributed by atoms with Gasteiger partial charge in [-0.05, 0) is 103 Å². The molecule has 6 nitrogen and oxygen atoms in total. The van der Waals surface area contributed by atoms with Gasteiger partial charge in [-0.25, -0.2) is 0 Å². The van der Waals surface area contributed by atoms with Gasteiger partial charge in [0.15, 0.2) is 6.10 Å². The average Bonchev–Trinajstić information content (AvgIpc) is 3.33. The van der Waals surface area contributed by atoms with Crippen molar-refractivity contribution in [3.63, 3.8) is 0 Å². The van der Waals surface area contributed by atoms with E-state index < -0.39 is 6.10 Å². The maximum Gasteiger partial charge on any atom is 0.306 e. The lowest BCUT2D eigenvalue weighted by atomic mass is 10.1. The number of carbonyl (C=O) groups excluding carboxylic acids is 3. The molecular weight excluding hydrogens is 829 g/mol. The van der Waals surface area contributed by atoms with E-state index in [2.05, 4.69) is 69.4 Å². The van der Waals surface area contributed by atoms with E-state index >= 15 is 0 Å². The van der Waals surface area contributed by atoms with Crippen LogP contribution in [-0.2, 0) is 28.6 Å². The number of esters is 3. The highest BCUT2D eigenvalue weighted by atomic mass is 16.6. The molecule has 0 radical (unpaired) electrons. The van der Waals surface area contributed by atoms with Crippen molar-refractivity contribution >= 4 is 17.9 Å². The minimum absolute atomic E-state index is 0.0798. The van der Waals surface area contributed by atoms with E-state index in [0.29, 0.717) is 19.3 Å². The number of unbranched alkanes of at least 4 members (excludes halogenated alkanes) is 34. The molecule has 0 aliphatic rings. The number of rotatable bonds is 53. The first kappa shape index (κ1) is 64.4. The summed E-state index contributed by atoms with van der Waals surface area (Å²) in [4.78, 5) is 38.2. The van der Waals surface area contributed by atoms with E-state index in [1.807, 2.05) is 0 Å². The first-order valence-electron chi connectivity index (χ1n) is 29.1. The molecule has 0 aromatic heterocycles. The Kier molecular flexibility index (Phi) is 53.8. The maximum atomic E-state index is 12.8. The smallest absolute Gasteiger partial charge is 0.306 e. The van der Waals surface area contributed by atoms with Crippen LogP contribution in [0.25, 0.3) is 0 Å². The summed E-state index contributed by atoms with van der Waals surface area (Å²) < 4.78 is 16.9. The molecule has 67 heavy (non-hydrogen) atoms. The molecule has 1 atom stereocenters. The molecule has 0 saturated heterocycles. The van der Waals surface area contributed by atoms with E-state index in [9.17, 15) is 14.4 Å². The summed E-state index contributed by atoms with van der Waals surface area (Å²) in [6, 6.07) is 0. The van der Waals surface area contributed by atoms with Gasteiger partial charge in [-0.3, -0.25) is 14.4 Å². The van der Waals surface area contributed by atoms with Crippen LogP contribution in [0.1, 0.15) is 303 Å². The second-order valence-electron chi connectivity index (χ2n) is 19.5. The minimum Gasteiger partial charge on any atom is -0.462 e. The highest BCUT2D eigenvalue weighted by molar-refractivity contribution is 5.71. The van der Waals surface area contributed by atoms with Gasteiger partial charge in [0.25, 0.3) is 0 Å². The van der Waals surface area contributed by atoms with E-state index in [4.69, 9.17) is 14.2 Å². The van der Waals surface area contributed by atoms with Crippen molar-refractivity contribution in [3.8, 4) is 0 Å². The average molecular weight is 940 g/mol. The zero-order chi connectivity index (χ0) is 48.6. The molecule has 0 amide bonds. The van der Waals surface area contributed by atoms with Gasteiger partial charge in [-0.2, -0.15) is 0 Å². The summed E-state index contributed by atoms with van der Waals surface area (Å²) >= 11 is 0. The van der Waals surface area contributed by atoms with Crippen LogP contribution in [0.2, 0.25) is 0 Å². The lowest BCUT2D eigenvalue weighted by Gasteiger charge is -2.18. The normalized spacial score (nSPS) is 12.3. The molecule has 0 heterocycles. The number of hydrogen-bond donors (Lipinski definition) is 0. The molecule has 0 rings (SSSR count). The summed E-state index contributed by atoms with van der Waals surface area (Å²) in [5.74, 6) is -0.887. The van der Waals surface area contributed by atoms with Gasteiger partial charge in [0, 0.05) is 19.3 Å². The highest BCUT2D eigenvalue weighted by Crippen LogP contribution is 2.15. The third kappa shape index (κ3) is 54.2. The predicted molar refractivity (Wildman–Crippen MR) is 289 cm³/mol. The fourth-order valence-corrected chi connectivity index (χ4v) is 8.35. The van der Waals surface area contributed by atoms with Gasteiger partial charge < -0.3 is 14.2 Å². The molecule has 0 aromatic rings. The van der Waals surface area contributed by atoms with Crippen LogP contribution in [0.15, 0.2) is 48.6 Å². The van der Waals surface area contributed by atoms with Crippen molar-refractivity contribution in [3.05, 3.63) is 48.6 Å². The first-order valence-corrected chi connectivity index (χ1v) is 29.1. The Morgan fingerprint density at radius 2 is 0.537 bits per heavy atom. The van der Waals surface area contributed by atoms with Crippen molar-refractivity contribution in [2.45, 2.75) is 309 Å². The summed E-state index contributed by atoms with van der Waals surface area (Å²) in [7, 11) is 0. The van der Waals surface area contributed by atoms with Crippen LogP contribution in [0, 0.1) is 0 Å². The third-order valence-corrected chi connectivity index (χ3v) is 12.8. The van der Waals surface area contributed by atoms with Gasteiger partial charge >= 0.3 is 17.9 Å². The lowest BCUT2D eigenvalue weighted by Crippen LogP contribution is -2.30. The Morgan fingerprint density at radius 1 is 0.299 bits per heavy atom. The summed E-state index contributed by atoms with van der Waals surface area (Å²) in [6.07, 6.45) is 68.1. The molecule has 0 aromatic carbocycles. The van der Waals surface area contributed by atoms with Crippen LogP contribution in [0.4, 0.5) is 0 Å². The summed E-state index contributed by atoms with van der Waals surface area (Å²) in [6.45, 7) is 6.62. The molecule has 0 bridgehead atoms. The Balaban J connectivity index is 4.37. The molecular formula is C61H110O6. The zero-order valence-corrected chi connectivity index (χ0v) is 44.7. The Morgan fingerprint density at radius 3 is 0.866 bits per heavy atom. The summed E-state index contributed by atoms with van der Waals surface area (Å²) in [5.41, 5.74) is 0. The van der Waals surface area contributed by atoms with Crippen LogP contribution in [0.3, 0.4) is 0 Å². The van der Waals surface area contributed by atoms with Gasteiger partial charge in [-0.15, -0.1) is 0 Å². The van der Waals surface area contributed by atoms with E-state index in [-0.39, 0.29) is 31.1 Å². The highest BCUT2D eigenvalue weighted by Gasteiger charge is 2.19. The van der Waals surface area contributed by atoms with Crippen molar-refractivity contribution in [2.75, 3.05) is 13.2 Å². The van der Waals surface area contributed by atoms with Crippen LogP contribution < -0.4 is 0 Å². The Bertz CT molecular complexity index is 1170. The largest absolute Gasteiger partial charge is 0.462 e. The second kappa shape index (κ2) is 56.0. The van der Waals surface area contributed by atoms with Gasteiger partial charge in [0.2, 0.25) is 0 Å². The van der Waals surface area contributed by atoms with Crippen molar-refractivity contribution in [1.29, 1.82) is 0 Å². The molecule has 0 aliphatic carbocycles. The number of hydrogen-bond acceptors (Lipinski definition) is 6. The molecule has 390 valence electrons. The summed E-state index contributed by atoms with van der Waals surface area (Å²) in [5, 5.41) is 0. The zero-order valence-electron chi connectivity index (χ0n) is 44.7. The van der Waals surface area contributed by atoms with Crippen LogP contribution in [0.5, 0.6) is 0 Å². The Hall–Kier alpha value is -2.63. The van der Waals surface area contributed by atoms with Gasteiger partial charge in [-0.1, -0.05) is 230 Å². The molecule has 0 unspecified atom stereocenters. The molecule has 0 fully saturated rings. The standard InChI is InChI=1S/C61H110O6/c1-4-7-10-13-16-19-22-25-28-29-30-31-34-36-39-42-45-48-51-54-60(63)66-57-58(67-61(64)55-52-49-46-43-40-37-33-27-24-21-18-15-12-9-6-3)56-65-59(62)53-50-47-44-41-38-35-32-26-23-20-17-14-11-8-5-2/h16,19,25-28,32-33,58H,4-15,17-18,20-24,29-31,34-57H2,1-3H3/b19-16-,28-25-,32-26-,33-27-/t58-/m1/s1. The fourth-order valence-electron chi connectivity index (χ4n) is 8.35. The predicted octanol–water partition coefficient (Wildman–Crippen LogP) is 19.4. The third-order valence-electron chi connectivity index (χ3n) is 12.8. The molecule has 0 spiro atoms. The lowest BCUT2D eigenvalue weighted by molar-refractivity contribution is -0.167. The van der Waals surface area contributed by atoms with E-state index in [1.165, 1.54) is 180 Å². The topological polar surface area (TPSA) is 78.9 Å².